The van der Waals surface area contributed by atoms with Crippen molar-refractivity contribution in [1.82, 2.24) is 0 Å². The minimum absolute atomic E-state index is 0. The average molecular weight is 323 g/mol. The van der Waals surface area contributed by atoms with Crippen LogP contribution in [-0.4, -0.2) is 32.5 Å². The summed E-state index contributed by atoms with van der Waals surface area (Å²) >= 11 is 0. The van der Waals surface area contributed by atoms with Gasteiger partial charge < -0.3 is 4.74 Å². The first-order chi connectivity index (χ1) is 3.77. The standard InChI is InChI=1S/C6H8O2.Po.2H/c1-3-4-5-8-6(2)7;;;/h3,5H,1-2H3;;;. The van der Waals surface area contributed by atoms with E-state index in [1.54, 1.807) is 13.0 Å². The van der Waals surface area contributed by atoms with Crippen molar-refractivity contribution in [3.05, 3.63) is 18.1 Å². The molecule has 0 atom stereocenters. The zero-order chi connectivity index (χ0) is 6.41. The van der Waals surface area contributed by atoms with Gasteiger partial charge in [-0.1, -0.05) is 5.73 Å². The Bertz CT molecular complexity index is 134. The van der Waals surface area contributed by atoms with Gasteiger partial charge in [0.1, 0.15) is 6.26 Å². The van der Waals surface area contributed by atoms with Crippen LogP contribution in [0.15, 0.2) is 18.1 Å². The molecule has 0 bridgehead atoms. The van der Waals surface area contributed by atoms with Gasteiger partial charge in [0.25, 0.3) is 0 Å². The first-order valence-corrected chi connectivity index (χ1v) is 2.30. The van der Waals surface area contributed by atoms with E-state index >= 15 is 0 Å². The van der Waals surface area contributed by atoms with Crippen LogP contribution in [0.4, 0.5) is 0 Å². The van der Waals surface area contributed by atoms with E-state index in [-0.39, 0.29) is 32.5 Å². The van der Waals surface area contributed by atoms with Crippen molar-refractivity contribution in [2.75, 3.05) is 0 Å². The van der Waals surface area contributed by atoms with Crippen LogP contribution in [0.2, 0.25) is 0 Å². The van der Waals surface area contributed by atoms with Gasteiger partial charge in [0.2, 0.25) is 0 Å². The Morgan fingerprint density at radius 1 is 1.67 bits per heavy atom. The third kappa shape index (κ3) is 11.4. The predicted octanol–water partition coefficient (Wildman–Crippen LogP) is 0.322. The summed E-state index contributed by atoms with van der Waals surface area (Å²) in [6.45, 7) is 3.13. The Hall–Kier alpha value is -0.114. The molecule has 3 heteroatoms. The summed E-state index contributed by atoms with van der Waals surface area (Å²) in [4.78, 5) is 10.0. The normalized spacial score (nSPS) is 6.00. The van der Waals surface area contributed by atoms with Gasteiger partial charge in [-0.3, -0.25) is 4.79 Å². The first kappa shape index (κ1) is 11.7. The molecule has 0 aromatic heterocycles. The predicted molar refractivity (Wildman–Crippen MR) is 38.6 cm³/mol. The van der Waals surface area contributed by atoms with Crippen LogP contribution in [0.1, 0.15) is 13.8 Å². The zero-order valence-corrected chi connectivity index (χ0v) is 9.36. The van der Waals surface area contributed by atoms with E-state index in [4.69, 9.17) is 0 Å². The van der Waals surface area contributed by atoms with Crippen molar-refractivity contribution in [3.8, 4) is 0 Å². The van der Waals surface area contributed by atoms with Gasteiger partial charge >= 0.3 is 32.5 Å². The van der Waals surface area contributed by atoms with E-state index in [0.717, 1.165) is 0 Å². The third-order valence-electron chi connectivity index (χ3n) is 0.460. The monoisotopic (exact) mass is 323 g/mol. The Morgan fingerprint density at radius 2 is 2.22 bits per heavy atom. The van der Waals surface area contributed by atoms with Gasteiger partial charge in [0, 0.05) is 6.92 Å². The molecule has 9 heavy (non-hydrogen) atoms. The van der Waals surface area contributed by atoms with E-state index in [1.807, 2.05) is 0 Å². The topological polar surface area (TPSA) is 26.3 Å². The van der Waals surface area contributed by atoms with Crippen molar-refractivity contribution < 1.29 is 9.53 Å². The van der Waals surface area contributed by atoms with Gasteiger partial charge in [-0.15, -0.1) is 0 Å². The van der Waals surface area contributed by atoms with E-state index in [9.17, 15) is 4.79 Å². The molecule has 0 aromatic carbocycles. The Labute approximate surface area is 74.1 Å². The SMILES string of the molecule is CC=C=COC(C)=O.[PoH2]. The number of carbonyl (C=O) groups excluding carboxylic acids is 1. The Morgan fingerprint density at radius 3 is 2.56 bits per heavy atom. The molecule has 0 unspecified atom stereocenters. The zero-order valence-electron chi connectivity index (χ0n) is 5.47. The number of hydrogen-bond acceptors (Lipinski definition) is 2. The van der Waals surface area contributed by atoms with Crippen molar-refractivity contribution in [3.63, 3.8) is 0 Å². The quantitative estimate of drug-likeness (QED) is 0.395. The van der Waals surface area contributed by atoms with Gasteiger partial charge in [-0.2, -0.15) is 0 Å². The number of ether oxygens (including phenoxy) is 1. The number of hydrogen-bond donors (Lipinski definition) is 0. The molecule has 0 saturated heterocycles. The van der Waals surface area contributed by atoms with Crippen molar-refractivity contribution in [2.24, 2.45) is 0 Å². The number of esters is 1. The fourth-order valence-electron chi connectivity index (χ4n) is 0.185. The van der Waals surface area contributed by atoms with E-state index in [1.165, 1.54) is 13.2 Å². The summed E-state index contributed by atoms with van der Waals surface area (Å²) in [5.41, 5.74) is 2.59. The van der Waals surface area contributed by atoms with Crippen molar-refractivity contribution in [1.29, 1.82) is 0 Å². The summed E-state index contributed by atoms with van der Waals surface area (Å²) in [5.74, 6) is -0.320. The molecule has 0 aliphatic rings. The summed E-state index contributed by atoms with van der Waals surface area (Å²) in [6.07, 6.45) is 2.88. The summed E-state index contributed by atoms with van der Waals surface area (Å²) in [5, 5.41) is 0. The fraction of sp³-hybridized carbons (Fsp3) is 0.333. The van der Waals surface area contributed by atoms with Gasteiger partial charge in [-0.25, -0.2) is 0 Å². The van der Waals surface area contributed by atoms with Crippen LogP contribution < -0.4 is 0 Å². The molecule has 0 aromatic rings. The Kier molecular flexibility index (Phi) is 10.2. The second-order valence-electron chi connectivity index (χ2n) is 1.18. The molecule has 0 saturated carbocycles. The molecule has 2 nitrogen and oxygen atoms in total. The van der Waals surface area contributed by atoms with Crippen LogP contribution in [0.5, 0.6) is 0 Å². The molecule has 0 aliphatic heterocycles. The third-order valence-corrected chi connectivity index (χ3v) is 0.460. The maximum atomic E-state index is 10.0. The number of carbonyl (C=O) groups is 1. The first-order valence-electron chi connectivity index (χ1n) is 2.30. The fourth-order valence-corrected chi connectivity index (χ4v) is 0.185. The number of rotatable bonds is 1. The summed E-state index contributed by atoms with van der Waals surface area (Å²) < 4.78 is 4.38. The molecular formula is C6H10O2Po. The molecule has 0 rings (SSSR count). The second-order valence-corrected chi connectivity index (χ2v) is 1.18. The van der Waals surface area contributed by atoms with Crippen LogP contribution in [0.3, 0.4) is 0 Å². The van der Waals surface area contributed by atoms with Gasteiger partial charge in [-0.05, 0) is 13.0 Å². The minimum atomic E-state index is -0.320. The van der Waals surface area contributed by atoms with Gasteiger partial charge in [0.15, 0.2) is 0 Å². The van der Waals surface area contributed by atoms with Crippen molar-refractivity contribution >= 4 is 32.5 Å². The van der Waals surface area contributed by atoms with E-state index < -0.39 is 0 Å². The summed E-state index contributed by atoms with van der Waals surface area (Å²) in [7, 11) is 0. The molecule has 0 heterocycles. The molecule has 0 aliphatic carbocycles. The molecule has 0 N–H and O–H groups in total. The summed E-state index contributed by atoms with van der Waals surface area (Å²) in [6, 6.07) is 0. The molecule has 0 fully saturated rings. The van der Waals surface area contributed by atoms with Crippen LogP contribution in [0, 0.1) is 0 Å². The molecule has 0 amide bonds. The molecule has 0 spiro atoms. The van der Waals surface area contributed by atoms with E-state index in [0.29, 0.717) is 0 Å². The van der Waals surface area contributed by atoms with Gasteiger partial charge in [0.05, 0.1) is 0 Å². The molecular weight excluding hydrogens is 313 g/mol. The maximum absolute atomic E-state index is 10.0. The van der Waals surface area contributed by atoms with E-state index in [2.05, 4.69) is 10.5 Å². The van der Waals surface area contributed by atoms with Crippen LogP contribution in [-0.2, 0) is 9.53 Å². The van der Waals surface area contributed by atoms with Crippen LogP contribution >= 0.6 is 0 Å². The second kappa shape index (κ2) is 7.89. The Balaban J connectivity index is 0. The van der Waals surface area contributed by atoms with Crippen LogP contribution in [0.25, 0.3) is 0 Å². The average Bonchev–Trinajstić information content (AvgIpc) is 1.66. The molecule has 52 valence electrons. The molecule has 0 radical (unpaired) electrons. The number of allylic oxidation sites excluding steroid dienone is 1. The van der Waals surface area contributed by atoms with Crippen molar-refractivity contribution in [2.45, 2.75) is 13.8 Å².